The molecule has 0 N–H and O–H groups in total. The normalized spacial score (nSPS) is 11.1. The summed E-state index contributed by atoms with van der Waals surface area (Å²) in [6.07, 6.45) is 1.59. The van der Waals surface area contributed by atoms with Crippen molar-refractivity contribution in [2.24, 2.45) is 0 Å². The van der Waals surface area contributed by atoms with Crippen molar-refractivity contribution in [3.05, 3.63) is 71.3 Å². The van der Waals surface area contributed by atoms with E-state index in [4.69, 9.17) is 5.26 Å². The molecule has 0 radical (unpaired) electrons. The molecule has 3 heteroatoms. The zero-order valence-corrected chi connectivity index (χ0v) is 9.40. The number of hydrogen-bond donors (Lipinski definition) is 0. The molecule has 0 fully saturated rings. The van der Waals surface area contributed by atoms with Crippen molar-refractivity contribution in [1.82, 2.24) is 0 Å². The topological polar surface area (TPSA) is 23.8 Å². The Morgan fingerprint density at radius 3 is 2.33 bits per heavy atom. The molecule has 0 spiro atoms. The van der Waals surface area contributed by atoms with Crippen LogP contribution in [0.25, 0.3) is 11.6 Å². The Kier molecular flexibility index (Phi) is 3.49. The summed E-state index contributed by atoms with van der Waals surface area (Å²) in [5.41, 5.74) is 1.53. The van der Waals surface area contributed by atoms with Gasteiger partial charge in [0.05, 0.1) is 11.6 Å². The van der Waals surface area contributed by atoms with Crippen LogP contribution in [0.2, 0.25) is 0 Å². The van der Waals surface area contributed by atoms with Crippen molar-refractivity contribution in [3.63, 3.8) is 0 Å². The first kappa shape index (κ1) is 12.0. The van der Waals surface area contributed by atoms with Crippen LogP contribution in [0.15, 0.2) is 48.5 Å². The smallest absolute Gasteiger partial charge is 0.123 e. The average molecular weight is 241 g/mol. The van der Waals surface area contributed by atoms with Gasteiger partial charge in [-0.2, -0.15) is 5.26 Å². The van der Waals surface area contributed by atoms with E-state index < -0.39 is 5.82 Å². The number of allylic oxidation sites excluding steroid dienone is 1. The number of nitriles is 1. The van der Waals surface area contributed by atoms with Crippen molar-refractivity contribution in [1.29, 1.82) is 5.26 Å². The van der Waals surface area contributed by atoms with Gasteiger partial charge in [-0.15, -0.1) is 0 Å². The highest BCUT2D eigenvalue weighted by atomic mass is 19.1. The molecule has 0 aliphatic heterocycles. The summed E-state index contributed by atoms with van der Waals surface area (Å²) in [4.78, 5) is 0. The lowest BCUT2D eigenvalue weighted by Gasteiger charge is -2.00. The number of halogens is 2. The fourth-order valence-electron chi connectivity index (χ4n) is 1.56. The molecule has 0 aliphatic carbocycles. The van der Waals surface area contributed by atoms with Crippen LogP contribution in [0.5, 0.6) is 0 Å². The Balaban J connectivity index is 2.40. The lowest BCUT2D eigenvalue weighted by atomic mass is 10.0. The summed E-state index contributed by atoms with van der Waals surface area (Å²) >= 11 is 0. The van der Waals surface area contributed by atoms with E-state index in [0.29, 0.717) is 16.7 Å². The second kappa shape index (κ2) is 5.24. The van der Waals surface area contributed by atoms with Crippen molar-refractivity contribution in [2.45, 2.75) is 0 Å². The van der Waals surface area contributed by atoms with E-state index in [2.05, 4.69) is 0 Å². The van der Waals surface area contributed by atoms with Crippen molar-refractivity contribution in [3.8, 4) is 6.07 Å². The van der Waals surface area contributed by atoms with Crippen molar-refractivity contribution < 1.29 is 8.78 Å². The van der Waals surface area contributed by atoms with E-state index in [1.165, 1.54) is 24.3 Å². The van der Waals surface area contributed by atoms with Gasteiger partial charge >= 0.3 is 0 Å². The summed E-state index contributed by atoms with van der Waals surface area (Å²) in [7, 11) is 0. The quantitative estimate of drug-likeness (QED) is 0.575. The van der Waals surface area contributed by atoms with Crippen molar-refractivity contribution in [2.75, 3.05) is 0 Å². The minimum atomic E-state index is -0.396. The third-order valence-corrected chi connectivity index (χ3v) is 2.44. The average Bonchev–Trinajstić information content (AvgIpc) is 2.38. The zero-order valence-electron chi connectivity index (χ0n) is 9.40. The molecule has 0 saturated heterocycles. The first-order valence-electron chi connectivity index (χ1n) is 5.32. The Morgan fingerprint density at radius 2 is 1.72 bits per heavy atom. The summed E-state index contributed by atoms with van der Waals surface area (Å²) in [5.74, 6) is -0.732. The number of benzene rings is 2. The molecular weight excluding hydrogens is 232 g/mol. The van der Waals surface area contributed by atoms with Gasteiger partial charge in [0.1, 0.15) is 11.6 Å². The molecule has 2 aromatic rings. The predicted molar refractivity (Wildman–Crippen MR) is 66.3 cm³/mol. The van der Waals surface area contributed by atoms with Crippen LogP contribution in [-0.2, 0) is 0 Å². The van der Waals surface area contributed by atoms with Crippen LogP contribution < -0.4 is 0 Å². The molecule has 0 atom stereocenters. The van der Waals surface area contributed by atoms with Crippen LogP contribution in [0.4, 0.5) is 8.78 Å². The molecule has 0 aromatic heterocycles. The Bertz CT molecular complexity index is 622. The highest BCUT2D eigenvalue weighted by Gasteiger charge is 2.02. The number of rotatable bonds is 2. The molecule has 0 saturated carbocycles. The molecule has 0 heterocycles. The first-order valence-corrected chi connectivity index (χ1v) is 5.32. The summed E-state index contributed by atoms with van der Waals surface area (Å²) < 4.78 is 25.8. The fourth-order valence-corrected chi connectivity index (χ4v) is 1.56. The molecule has 18 heavy (non-hydrogen) atoms. The highest BCUT2D eigenvalue weighted by Crippen LogP contribution is 2.18. The Morgan fingerprint density at radius 1 is 1.00 bits per heavy atom. The largest absolute Gasteiger partial charge is 0.207 e. The summed E-state index contributed by atoms with van der Waals surface area (Å²) in [6.45, 7) is 0. The third-order valence-electron chi connectivity index (χ3n) is 2.44. The van der Waals surface area contributed by atoms with Crippen LogP contribution in [0, 0.1) is 23.0 Å². The van der Waals surface area contributed by atoms with Crippen molar-refractivity contribution >= 4 is 11.6 Å². The minimum Gasteiger partial charge on any atom is -0.207 e. The van der Waals surface area contributed by atoms with Crippen LogP contribution in [-0.4, -0.2) is 0 Å². The van der Waals surface area contributed by atoms with Gasteiger partial charge in [-0.1, -0.05) is 24.3 Å². The molecule has 0 bridgehead atoms. The van der Waals surface area contributed by atoms with Gasteiger partial charge in [0.2, 0.25) is 0 Å². The molecule has 1 nitrogen and oxygen atoms in total. The van der Waals surface area contributed by atoms with E-state index >= 15 is 0 Å². The second-order valence-corrected chi connectivity index (χ2v) is 3.73. The van der Waals surface area contributed by atoms with Gasteiger partial charge in [-0.05, 0) is 41.5 Å². The Hall–Kier alpha value is -2.47. The lowest BCUT2D eigenvalue weighted by Crippen LogP contribution is -1.84. The molecule has 2 aromatic carbocycles. The van der Waals surface area contributed by atoms with E-state index in [0.717, 1.165) is 0 Å². The maximum Gasteiger partial charge on any atom is 0.123 e. The van der Waals surface area contributed by atoms with Crippen LogP contribution >= 0.6 is 0 Å². The van der Waals surface area contributed by atoms with Gasteiger partial charge in [-0.25, -0.2) is 8.78 Å². The minimum absolute atomic E-state index is 0.334. The van der Waals surface area contributed by atoms with E-state index in [-0.39, 0.29) is 5.82 Å². The van der Waals surface area contributed by atoms with Crippen LogP contribution in [0.3, 0.4) is 0 Å². The van der Waals surface area contributed by atoms with Gasteiger partial charge in [0.25, 0.3) is 0 Å². The molecule has 0 amide bonds. The molecule has 0 unspecified atom stereocenters. The van der Waals surface area contributed by atoms with Gasteiger partial charge in [0.15, 0.2) is 0 Å². The predicted octanol–water partition coefficient (Wildman–Crippen LogP) is 4.03. The summed E-state index contributed by atoms with van der Waals surface area (Å²) in [5, 5.41) is 9.07. The highest BCUT2D eigenvalue weighted by molar-refractivity contribution is 5.89. The second-order valence-electron chi connectivity index (χ2n) is 3.73. The molecule has 2 rings (SSSR count). The SMILES string of the molecule is N#C/C(=C/c1ccc(F)cc1)c1cccc(F)c1. The lowest BCUT2D eigenvalue weighted by molar-refractivity contribution is 0.627. The monoisotopic (exact) mass is 241 g/mol. The maximum atomic E-state index is 13.1. The Labute approximate surface area is 104 Å². The van der Waals surface area contributed by atoms with Gasteiger partial charge < -0.3 is 0 Å². The zero-order chi connectivity index (χ0) is 13.0. The molecule has 0 aliphatic rings. The molecular formula is C15H9F2N. The third kappa shape index (κ3) is 2.80. The number of hydrogen-bond acceptors (Lipinski definition) is 1. The van der Waals surface area contributed by atoms with E-state index in [1.54, 1.807) is 30.3 Å². The van der Waals surface area contributed by atoms with Gasteiger partial charge in [0, 0.05) is 0 Å². The first-order chi connectivity index (χ1) is 8.69. The van der Waals surface area contributed by atoms with E-state index in [1.807, 2.05) is 6.07 Å². The van der Waals surface area contributed by atoms with Gasteiger partial charge in [-0.3, -0.25) is 0 Å². The van der Waals surface area contributed by atoms with E-state index in [9.17, 15) is 8.78 Å². The maximum absolute atomic E-state index is 13.1. The standard InChI is InChI=1S/C15H9F2N/c16-14-6-4-11(5-7-14)8-13(10-18)12-2-1-3-15(17)9-12/h1-9H/b13-8-. The summed E-state index contributed by atoms with van der Waals surface area (Å²) in [6, 6.07) is 13.6. The molecule has 88 valence electrons. The van der Waals surface area contributed by atoms with Crippen LogP contribution in [0.1, 0.15) is 11.1 Å². The fraction of sp³-hybridized carbons (Fsp3) is 0. The number of nitrogens with zero attached hydrogens (tertiary/aromatic N) is 1.